The normalized spacial score (nSPS) is 27.1. The Labute approximate surface area is 94.8 Å². The van der Waals surface area contributed by atoms with Crippen LogP contribution in [0.3, 0.4) is 0 Å². The van der Waals surface area contributed by atoms with E-state index in [9.17, 15) is 4.39 Å². The number of likely N-dealkylation sites (tertiary alicyclic amines) is 1. The molecule has 1 fully saturated rings. The second kappa shape index (κ2) is 4.50. The van der Waals surface area contributed by atoms with Crippen LogP contribution in [0.1, 0.15) is 11.5 Å². The summed E-state index contributed by atoms with van der Waals surface area (Å²) in [6, 6.07) is 6.80. The van der Waals surface area contributed by atoms with Gasteiger partial charge in [-0.1, -0.05) is 12.1 Å². The largest absolute Gasteiger partial charge is 0.305 e. The zero-order valence-corrected chi connectivity index (χ0v) is 9.54. The zero-order valence-electron chi connectivity index (χ0n) is 8.79. The van der Waals surface area contributed by atoms with E-state index < -0.39 is 0 Å². The average molecular weight is 228 g/mol. The van der Waals surface area contributed by atoms with Gasteiger partial charge in [0, 0.05) is 24.9 Å². The van der Waals surface area contributed by atoms with Crippen LogP contribution in [0, 0.1) is 11.7 Å². The van der Waals surface area contributed by atoms with Crippen LogP contribution in [0.15, 0.2) is 24.3 Å². The van der Waals surface area contributed by atoms with Gasteiger partial charge >= 0.3 is 0 Å². The molecule has 1 nitrogen and oxygen atoms in total. The van der Waals surface area contributed by atoms with Crippen molar-refractivity contribution in [1.29, 1.82) is 0 Å². The Bertz CT molecular complexity index is 325. The zero-order chi connectivity index (χ0) is 10.8. The maximum atomic E-state index is 12.8. The molecular formula is C12H15ClFN. The topological polar surface area (TPSA) is 3.24 Å². The molecule has 2 atom stereocenters. The monoisotopic (exact) mass is 227 g/mol. The first-order valence-corrected chi connectivity index (χ1v) is 5.74. The lowest BCUT2D eigenvalue weighted by Gasteiger charge is -2.16. The van der Waals surface area contributed by atoms with Crippen LogP contribution in [0.4, 0.5) is 4.39 Å². The van der Waals surface area contributed by atoms with E-state index in [4.69, 9.17) is 11.6 Å². The van der Waals surface area contributed by atoms with E-state index in [-0.39, 0.29) is 5.82 Å². The highest BCUT2D eigenvalue weighted by molar-refractivity contribution is 6.18. The molecule has 0 N–H and O–H groups in total. The molecule has 0 bridgehead atoms. The number of hydrogen-bond acceptors (Lipinski definition) is 1. The van der Waals surface area contributed by atoms with Crippen LogP contribution >= 0.6 is 11.6 Å². The molecule has 1 saturated heterocycles. The Morgan fingerprint density at radius 2 is 2.00 bits per heavy atom. The van der Waals surface area contributed by atoms with Crippen LogP contribution in [0.25, 0.3) is 0 Å². The van der Waals surface area contributed by atoms with Gasteiger partial charge in [0.05, 0.1) is 0 Å². The molecule has 0 amide bonds. The van der Waals surface area contributed by atoms with E-state index in [0.717, 1.165) is 13.1 Å². The summed E-state index contributed by atoms with van der Waals surface area (Å²) in [6.07, 6.45) is 0. The van der Waals surface area contributed by atoms with Crippen molar-refractivity contribution in [1.82, 2.24) is 4.90 Å². The summed E-state index contributed by atoms with van der Waals surface area (Å²) >= 11 is 5.95. The van der Waals surface area contributed by atoms with Gasteiger partial charge in [-0.25, -0.2) is 4.39 Å². The third kappa shape index (κ3) is 2.32. The van der Waals surface area contributed by atoms with E-state index in [2.05, 4.69) is 11.9 Å². The minimum Gasteiger partial charge on any atom is -0.305 e. The van der Waals surface area contributed by atoms with Crippen molar-refractivity contribution in [2.24, 2.45) is 5.92 Å². The van der Waals surface area contributed by atoms with Crippen molar-refractivity contribution < 1.29 is 4.39 Å². The number of alkyl halides is 1. The van der Waals surface area contributed by atoms with E-state index in [1.165, 1.54) is 17.7 Å². The second-order valence-corrected chi connectivity index (χ2v) is 4.60. The highest BCUT2D eigenvalue weighted by Crippen LogP contribution is 2.32. The fourth-order valence-corrected chi connectivity index (χ4v) is 2.64. The first-order chi connectivity index (χ1) is 7.20. The van der Waals surface area contributed by atoms with E-state index in [1.54, 1.807) is 0 Å². The fraction of sp³-hybridized carbons (Fsp3) is 0.500. The summed E-state index contributed by atoms with van der Waals surface area (Å²) in [5.74, 6) is 1.44. The van der Waals surface area contributed by atoms with Gasteiger partial charge in [0.25, 0.3) is 0 Å². The van der Waals surface area contributed by atoms with Crippen LogP contribution in [0.5, 0.6) is 0 Å². The molecule has 1 aliphatic rings. The SMILES string of the molecule is CN1C[C@H](CCl)[C@H](c2ccc(F)cc2)C1. The molecule has 1 aromatic rings. The third-order valence-corrected chi connectivity index (χ3v) is 3.52. The molecule has 0 spiro atoms. The summed E-state index contributed by atoms with van der Waals surface area (Å²) in [5.41, 5.74) is 1.20. The first-order valence-electron chi connectivity index (χ1n) is 5.20. The van der Waals surface area contributed by atoms with Gasteiger partial charge in [0.2, 0.25) is 0 Å². The van der Waals surface area contributed by atoms with Crippen LogP contribution < -0.4 is 0 Å². The number of nitrogens with zero attached hydrogens (tertiary/aromatic N) is 1. The molecule has 0 aromatic heterocycles. The Morgan fingerprint density at radius 3 is 2.60 bits per heavy atom. The predicted molar refractivity (Wildman–Crippen MR) is 60.8 cm³/mol. The fourth-order valence-electron chi connectivity index (χ4n) is 2.33. The van der Waals surface area contributed by atoms with E-state index in [1.807, 2.05) is 12.1 Å². The molecule has 82 valence electrons. The number of likely N-dealkylation sites (N-methyl/N-ethyl adjacent to an activating group) is 1. The van der Waals surface area contributed by atoms with Gasteiger partial charge in [0.1, 0.15) is 5.82 Å². The lowest BCUT2D eigenvalue weighted by molar-refractivity contribution is 0.401. The Kier molecular flexibility index (Phi) is 3.27. The average Bonchev–Trinajstić information content (AvgIpc) is 2.61. The molecule has 0 radical (unpaired) electrons. The highest BCUT2D eigenvalue weighted by Gasteiger charge is 2.31. The van der Waals surface area contributed by atoms with Gasteiger partial charge in [-0.15, -0.1) is 11.6 Å². The Balaban J connectivity index is 2.19. The van der Waals surface area contributed by atoms with Crippen molar-refractivity contribution in [3.8, 4) is 0 Å². The number of halogens is 2. The number of hydrogen-bond donors (Lipinski definition) is 0. The van der Waals surface area contributed by atoms with Crippen LogP contribution in [0.2, 0.25) is 0 Å². The molecular weight excluding hydrogens is 213 g/mol. The molecule has 1 aromatic carbocycles. The van der Waals surface area contributed by atoms with Crippen molar-refractivity contribution in [2.45, 2.75) is 5.92 Å². The van der Waals surface area contributed by atoms with Gasteiger partial charge in [-0.05, 0) is 30.7 Å². The van der Waals surface area contributed by atoms with Crippen LogP contribution in [-0.2, 0) is 0 Å². The maximum absolute atomic E-state index is 12.8. The maximum Gasteiger partial charge on any atom is 0.123 e. The lowest BCUT2D eigenvalue weighted by atomic mass is 9.90. The van der Waals surface area contributed by atoms with Crippen molar-refractivity contribution >= 4 is 11.6 Å². The van der Waals surface area contributed by atoms with E-state index in [0.29, 0.717) is 17.7 Å². The number of rotatable bonds is 2. The highest BCUT2D eigenvalue weighted by atomic mass is 35.5. The smallest absolute Gasteiger partial charge is 0.123 e. The molecule has 15 heavy (non-hydrogen) atoms. The molecule has 1 aliphatic heterocycles. The van der Waals surface area contributed by atoms with Crippen LogP contribution in [-0.4, -0.2) is 30.9 Å². The number of benzene rings is 1. The Morgan fingerprint density at radius 1 is 1.33 bits per heavy atom. The molecule has 1 heterocycles. The van der Waals surface area contributed by atoms with Gasteiger partial charge < -0.3 is 4.90 Å². The first kappa shape index (κ1) is 10.9. The summed E-state index contributed by atoms with van der Waals surface area (Å²) in [5, 5.41) is 0. The van der Waals surface area contributed by atoms with Crippen molar-refractivity contribution in [3.63, 3.8) is 0 Å². The summed E-state index contributed by atoms with van der Waals surface area (Å²) < 4.78 is 12.8. The van der Waals surface area contributed by atoms with Gasteiger partial charge in [-0.2, -0.15) is 0 Å². The Hall–Kier alpha value is -0.600. The summed E-state index contributed by atoms with van der Waals surface area (Å²) in [6.45, 7) is 2.05. The summed E-state index contributed by atoms with van der Waals surface area (Å²) in [4.78, 5) is 2.28. The quantitative estimate of drug-likeness (QED) is 0.703. The summed E-state index contributed by atoms with van der Waals surface area (Å²) in [7, 11) is 2.10. The lowest BCUT2D eigenvalue weighted by Crippen LogP contribution is -2.14. The van der Waals surface area contributed by atoms with Gasteiger partial charge in [-0.3, -0.25) is 0 Å². The molecule has 0 aliphatic carbocycles. The third-order valence-electron chi connectivity index (χ3n) is 3.12. The molecule has 2 rings (SSSR count). The van der Waals surface area contributed by atoms with Crippen molar-refractivity contribution in [2.75, 3.05) is 26.0 Å². The van der Waals surface area contributed by atoms with Crippen molar-refractivity contribution in [3.05, 3.63) is 35.6 Å². The minimum absolute atomic E-state index is 0.174. The standard InChI is InChI=1S/C12H15ClFN/c1-15-7-10(6-13)12(8-15)9-2-4-11(14)5-3-9/h2-5,10,12H,6-8H2,1H3/t10-,12-/m0/s1. The molecule has 0 unspecified atom stereocenters. The molecule has 3 heteroatoms. The van der Waals surface area contributed by atoms with E-state index >= 15 is 0 Å². The van der Waals surface area contributed by atoms with Gasteiger partial charge in [0.15, 0.2) is 0 Å². The molecule has 0 saturated carbocycles. The minimum atomic E-state index is -0.174. The second-order valence-electron chi connectivity index (χ2n) is 4.29. The predicted octanol–water partition coefficient (Wildman–Crippen LogP) is 2.71.